The number of rotatable bonds is 4. The molecule has 2 aromatic rings. The quantitative estimate of drug-likeness (QED) is 0.847. The molecule has 0 amide bonds. The Morgan fingerprint density at radius 1 is 1.21 bits per heavy atom. The van der Waals surface area contributed by atoms with E-state index in [0.717, 1.165) is 5.39 Å². The van der Waals surface area contributed by atoms with Crippen LogP contribution in [0.2, 0.25) is 5.28 Å². The summed E-state index contributed by atoms with van der Waals surface area (Å²) in [6, 6.07) is 3.58. The van der Waals surface area contributed by atoms with Gasteiger partial charge in [-0.3, -0.25) is 4.79 Å². The minimum atomic E-state index is -0.744. The van der Waals surface area contributed by atoms with Crippen LogP contribution < -0.4 is 14.4 Å². The maximum absolute atomic E-state index is 11.1. The van der Waals surface area contributed by atoms with E-state index < -0.39 is 5.97 Å². The van der Waals surface area contributed by atoms with Crippen LogP contribution in [0.5, 0.6) is 11.5 Å². The van der Waals surface area contributed by atoms with Gasteiger partial charge in [-0.05, 0) is 30.5 Å². The number of ether oxygens (including phenoxy) is 2. The number of halogens is 1. The third-order valence-electron chi connectivity index (χ3n) is 4.30. The van der Waals surface area contributed by atoms with Crippen molar-refractivity contribution in [2.75, 3.05) is 32.2 Å². The van der Waals surface area contributed by atoms with Crippen LogP contribution in [0.25, 0.3) is 10.9 Å². The summed E-state index contributed by atoms with van der Waals surface area (Å²) in [4.78, 5) is 21.8. The molecule has 0 aliphatic carbocycles. The number of aromatic nitrogens is 2. The van der Waals surface area contributed by atoms with E-state index in [9.17, 15) is 4.79 Å². The minimum absolute atomic E-state index is 0.144. The molecule has 24 heavy (non-hydrogen) atoms. The van der Waals surface area contributed by atoms with E-state index in [2.05, 4.69) is 9.97 Å². The summed E-state index contributed by atoms with van der Waals surface area (Å²) in [6.07, 6.45) is 1.15. The monoisotopic (exact) mass is 351 g/mol. The highest BCUT2D eigenvalue weighted by Gasteiger charge is 2.26. The molecule has 1 fully saturated rings. The predicted molar refractivity (Wildman–Crippen MR) is 90.2 cm³/mol. The van der Waals surface area contributed by atoms with Gasteiger partial charge in [-0.1, -0.05) is 0 Å². The van der Waals surface area contributed by atoms with Gasteiger partial charge in [0.15, 0.2) is 11.5 Å². The molecule has 0 unspecified atom stereocenters. The average molecular weight is 352 g/mol. The summed E-state index contributed by atoms with van der Waals surface area (Å²) < 4.78 is 10.7. The number of aliphatic carboxylic acids is 1. The molecule has 1 aliphatic heterocycles. The lowest BCUT2D eigenvalue weighted by molar-refractivity contribution is -0.142. The highest BCUT2D eigenvalue weighted by Crippen LogP contribution is 2.36. The highest BCUT2D eigenvalue weighted by atomic mass is 35.5. The van der Waals surface area contributed by atoms with Crippen molar-refractivity contribution in [3.63, 3.8) is 0 Å². The molecular weight excluding hydrogens is 334 g/mol. The maximum atomic E-state index is 11.1. The van der Waals surface area contributed by atoms with Crippen molar-refractivity contribution < 1.29 is 19.4 Å². The van der Waals surface area contributed by atoms with Crippen LogP contribution >= 0.6 is 11.6 Å². The molecule has 3 rings (SSSR count). The summed E-state index contributed by atoms with van der Waals surface area (Å²) in [5.41, 5.74) is 0.656. The SMILES string of the molecule is COc1cc2nc(Cl)nc(N3CCC(C(=O)O)CC3)c2cc1OC. The van der Waals surface area contributed by atoms with Crippen molar-refractivity contribution in [1.29, 1.82) is 0 Å². The Balaban J connectivity index is 2.02. The fourth-order valence-electron chi connectivity index (χ4n) is 2.99. The summed E-state index contributed by atoms with van der Waals surface area (Å²) in [6.45, 7) is 1.21. The van der Waals surface area contributed by atoms with Crippen LogP contribution in [0.3, 0.4) is 0 Å². The zero-order valence-electron chi connectivity index (χ0n) is 13.5. The normalized spacial score (nSPS) is 15.5. The van der Waals surface area contributed by atoms with Crippen LogP contribution in [-0.4, -0.2) is 48.4 Å². The molecule has 0 radical (unpaired) electrons. The van der Waals surface area contributed by atoms with Crippen LogP contribution in [0.1, 0.15) is 12.8 Å². The van der Waals surface area contributed by atoms with Gasteiger partial charge >= 0.3 is 5.97 Å². The Morgan fingerprint density at radius 2 is 1.83 bits per heavy atom. The van der Waals surface area contributed by atoms with Gasteiger partial charge in [0, 0.05) is 24.5 Å². The Kier molecular flexibility index (Phi) is 4.62. The number of carbonyl (C=O) groups is 1. The fourth-order valence-corrected chi connectivity index (χ4v) is 3.16. The van der Waals surface area contributed by atoms with E-state index in [1.807, 2.05) is 11.0 Å². The number of carboxylic acids is 1. The number of anilines is 1. The van der Waals surface area contributed by atoms with Crippen LogP contribution in [0, 0.1) is 5.92 Å². The van der Waals surface area contributed by atoms with Gasteiger partial charge in [0.2, 0.25) is 5.28 Å². The molecule has 1 saturated heterocycles. The molecule has 1 aromatic heterocycles. The first-order valence-corrected chi connectivity index (χ1v) is 7.98. The number of carboxylic acid groups (broad SMARTS) is 1. The second-order valence-electron chi connectivity index (χ2n) is 5.64. The highest BCUT2D eigenvalue weighted by molar-refractivity contribution is 6.28. The zero-order chi connectivity index (χ0) is 17.3. The molecule has 0 atom stereocenters. The van der Waals surface area contributed by atoms with Gasteiger partial charge in [0.25, 0.3) is 0 Å². The third kappa shape index (κ3) is 3.03. The molecule has 7 nitrogen and oxygen atoms in total. The average Bonchev–Trinajstić information content (AvgIpc) is 2.59. The Hall–Kier alpha value is -2.28. The molecule has 2 heterocycles. The van der Waals surface area contributed by atoms with Gasteiger partial charge in [-0.2, -0.15) is 4.98 Å². The summed E-state index contributed by atoms with van der Waals surface area (Å²) in [7, 11) is 3.13. The second-order valence-corrected chi connectivity index (χ2v) is 5.98. The molecule has 8 heteroatoms. The lowest BCUT2D eigenvalue weighted by Gasteiger charge is -2.31. The molecule has 1 N–H and O–H groups in total. The van der Waals surface area contributed by atoms with E-state index in [1.54, 1.807) is 20.3 Å². The molecule has 0 saturated carbocycles. The van der Waals surface area contributed by atoms with Crippen molar-refractivity contribution in [1.82, 2.24) is 9.97 Å². The van der Waals surface area contributed by atoms with Gasteiger partial charge in [0.05, 0.1) is 25.7 Å². The fraction of sp³-hybridized carbons (Fsp3) is 0.438. The Labute approximate surface area is 144 Å². The molecule has 1 aliphatic rings. The topological polar surface area (TPSA) is 84.8 Å². The molecular formula is C16H18ClN3O4. The number of benzene rings is 1. The van der Waals surface area contributed by atoms with Crippen molar-refractivity contribution >= 4 is 34.3 Å². The zero-order valence-corrected chi connectivity index (χ0v) is 14.2. The summed E-state index contributed by atoms with van der Waals surface area (Å²) in [5.74, 6) is 0.786. The van der Waals surface area contributed by atoms with E-state index in [1.165, 1.54) is 0 Å². The Morgan fingerprint density at radius 3 is 2.42 bits per heavy atom. The lowest BCUT2D eigenvalue weighted by atomic mass is 9.97. The lowest BCUT2D eigenvalue weighted by Crippen LogP contribution is -2.37. The number of piperidine rings is 1. The van der Waals surface area contributed by atoms with Crippen LogP contribution in [0.15, 0.2) is 12.1 Å². The Bertz CT molecular complexity index is 775. The summed E-state index contributed by atoms with van der Waals surface area (Å²) >= 11 is 6.08. The van der Waals surface area contributed by atoms with Gasteiger partial charge in [-0.25, -0.2) is 4.98 Å². The number of nitrogens with zero attached hydrogens (tertiary/aromatic N) is 3. The number of methoxy groups -OCH3 is 2. The van der Waals surface area contributed by atoms with Crippen molar-refractivity contribution in [3.05, 3.63) is 17.4 Å². The molecule has 128 valence electrons. The molecule has 1 aromatic carbocycles. The van der Waals surface area contributed by atoms with Gasteiger partial charge in [-0.15, -0.1) is 0 Å². The van der Waals surface area contributed by atoms with Crippen LogP contribution in [0.4, 0.5) is 5.82 Å². The smallest absolute Gasteiger partial charge is 0.306 e. The molecule has 0 spiro atoms. The minimum Gasteiger partial charge on any atom is -0.493 e. The van der Waals surface area contributed by atoms with Crippen molar-refractivity contribution in [2.45, 2.75) is 12.8 Å². The van der Waals surface area contributed by atoms with Crippen LogP contribution in [-0.2, 0) is 4.79 Å². The first kappa shape index (κ1) is 16.6. The van der Waals surface area contributed by atoms with Gasteiger partial charge in [0.1, 0.15) is 5.82 Å². The van der Waals surface area contributed by atoms with E-state index in [4.69, 9.17) is 26.2 Å². The summed E-state index contributed by atoms with van der Waals surface area (Å²) in [5, 5.41) is 10.1. The number of hydrogen-bond donors (Lipinski definition) is 1. The second kappa shape index (κ2) is 6.68. The first-order valence-electron chi connectivity index (χ1n) is 7.60. The first-order chi connectivity index (χ1) is 11.5. The number of fused-ring (bicyclic) bond motifs is 1. The third-order valence-corrected chi connectivity index (χ3v) is 4.47. The van der Waals surface area contributed by atoms with E-state index in [-0.39, 0.29) is 11.2 Å². The standard InChI is InChI=1S/C16H18ClN3O4/c1-23-12-7-10-11(8-13(12)24-2)18-16(17)19-14(10)20-5-3-9(4-6-20)15(21)22/h7-9H,3-6H2,1-2H3,(H,21,22). The largest absolute Gasteiger partial charge is 0.493 e. The molecule has 0 bridgehead atoms. The predicted octanol–water partition coefficient (Wildman–Crippen LogP) is 2.60. The van der Waals surface area contributed by atoms with E-state index in [0.29, 0.717) is 48.8 Å². The van der Waals surface area contributed by atoms with E-state index >= 15 is 0 Å². The maximum Gasteiger partial charge on any atom is 0.306 e. The number of hydrogen-bond acceptors (Lipinski definition) is 6. The van der Waals surface area contributed by atoms with Crippen molar-refractivity contribution in [2.24, 2.45) is 5.92 Å². The van der Waals surface area contributed by atoms with Gasteiger partial charge < -0.3 is 19.5 Å². The van der Waals surface area contributed by atoms with Crippen molar-refractivity contribution in [3.8, 4) is 11.5 Å².